The minimum atomic E-state index is 0.477. The lowest BCUT2D eigenvalue weighted by Gasteiger charge is -2.39. The van der Waals surface area contributed by atoms with Crippen LogP contribution in [0.3, 0.4) is 0 Å². The maximum Gasteiger partial charge on any atom is 0.0398 e. The van der Waals surface area contributed by atoms with Crippen LogP contribution < -0.4 is 10.6 Å². The number of para-hydroxylation sites is 1. The molecular formula is C14H20N2. The van der Waals surface area contributed by atoms with Crippen LogP contribution in [0.25, 0.3) is 0 Å². The molecule has 16 heavy (non-hydrogen) atoms. The second-order valence-corrected chi connectivity index (χ2v) is 5.28. The van der Waals surface area contributed by atoms with Crippen LogP contribution in [0.15, 0.2) is 24.3 Å². The minimum Gasteiger partial charge on any atom is -0.371 e. The highest BCUT2D eigenvalue weighted by molar-refractivity contribution is 5.55. The predicted octanol–water partition coefficient (Wildman–Crippen LogP) is 2.18. The van der Waals surface area contributed by atoms with Crippen molar-refractivity contribution in [2.45, 2.75) is 31.7 Å². The first kappa shape index (κ1) is 10.2. The molecular weight excluding hydrogens is 196 g/mol. The molecule has 86 valence electrons. The van der Waals surface area contributed by atoms with Crippen molar-refractivity contribution in [1.29, 1.82) is 0 Å². The van der Waals surface area contributed by atoms with Crippen LogP contribution >= 0.6 is 0 Å². The van der Waals surface area contributed by atoms with E-state index in [1.165, 1.54) is 50.0 Å². The van der Waals surface area contributed by atoms with Crippen molar-refractivity contribution in [2.75, 3.05) is 18.0 Å². The molecule has 0 bridgehead atoms. The Morgan fingerprint density at radius 1 is 1.25 bits per heavy atom. The first-order valence-corrected chi connectivity index (χ1v) is 6.41. The summed E-state index contributed by atoms with van der Waals surface area (Å²) in [5.74, 6) is 0.834. The van der Waals surface area contributed by atoms with Crippen LogP contribution in [0.1, 0.15) is 24.8 Å². The SMILES string of the molecule is NC1CC(CN2CCCc3ccccc32)C1. The fourth-order valence-electron chi connectivity index (χ4n) is 3.05. The average molecular weight is 216 g/mol. The molecule has 3 rings (SSSR count). The maximum absolute atomic E-state index is 5.85. The van der Waals surface area contributed by atoms with E-state index in [4.69, 9.17) is 5.73 Å². The number of anilines is 1. The Balaban J connectivity index is 1.72. The quantitative estimate of drug-likeness (QED) is 0.821. The number of aryl methyl sites for hydroxylation is 1. The molecule has 2 N–H and O–H groups in total. The van der Waals surface area contributed by atoms with Gasteiger partial charge in [-0.05, 0) is 43.2 Å². The third-order valence-electron chi connectivity index (χ3n) is 3.96. The molecule has 0 radical (unpaired) electrons. The molecule has 0 unspecified atom stereocenters. The third kappa shape index (κ3) is 1.82. The molecule has 1 heterocycles. The number of nitrogens with zero attached hydrogens (tertiary/aromatic N) is 1. The zero-order valence-corrected chi connectivity index (χ0v) is 9.73. The van der Waals surface area contributed by atoms with Gasteiger partial charge in [0, 0.05) is 24.8 Å². The number of hydrogen-bond donors (Lipinski definition) is 1. The molecule has 1 aromatic rings. The van der Waals surface area contributed by atoms with Crippen molar-refractivity contribution in [2.24, 2.45) is 11.7 Å². The summed E-state index contributed by atoms with van der Waals surface area (Å²) < 4.78 is 0. The van der Waals surface area contributed by atoms with E-state index in [0.717, 1.165) is 5.92 Å². The lowest BCUT2D eigenvalue weighted by atomic mass is 9.80. The topological polar surface area (TPSA) is 29.3 Å². The Morgan fingerprint density at radius 3 is 2.88 bits per heavy atom. The van der Waals surface area contributed by atoms with Gasteiger partial charge in [-0.15, -0.1) is 0 Å². The fraction of sp³-hybridized carbons (Fsp3) is 0.571. The highest BCUT2D eigenvalue weighted by Gasteiger charge is 2.28. The van der Waals surface area contributed by atoms with Gasteiger partial charge in [0.15, 0.2) is 0 Å². The van der Waals surface area contributed by atoms with E-state index in [9.17, 15) is 0 Å². The monoisotopic (exact) mass is 216 g/mol. The molecule has 0 atom stereocenters. The first-order valence-electron chi connectivity index (χ1n) is 6.41. The number of rotatable bonds is 2. The van der Waals surface area contributed by atoms with E-state index in [2.05, 4.69) is 29.2 Å². The van der Waals surface area contributed by atoms with Gasteiger partial charge in [0.2, 0.25) is 0 Å². The van der Waals surface area contributed by atoms with Gasteiger partial charge in [-0.25, -0.2) is 0 Å². The summed E-state index contributed by atoms with van der Waals surface area (Å²) in [5.41, 5.74) is 8.84. The molecule has 1 aliphatic carbocycles. The van der Waals surface area contributed by atoms with Gasteiger partial charge >= 0.3 is 0 Å². The van der Waals surface area contributed by atoms with Gasteiger partial charge in [-0.1, -0.05) is 18.2 Å². The highest BCUT2D eigenvalue weighted by Crippen LogP contribution is 2.32. The van der Waals surface area contributed by atoms with Crippen molar-refractivity contribution in [3.63, 3.8) is 0 Å². The molecule has 1 aromatic carbocycles. The molecule has 0 spiro atoms. The van der Waals surface area contributed by atoms with Crippen molar-refractivity contribution in [3.05, 3.63) is 29.8 Å². The van der Waals surface area contributed by atoms with E-state index in [0.29, 0.717) is 6.04 Å². The number of benzene rings is 1. The summed E-state index contributed by atoms with van der Waals surface area (Å²) in [4.78, 5) is 2.56. The summed E-state index contributed by atoms with van der Waals surface area (Å²) in [6, 6.07) is 9.33. The summed E-state index contributed by atoms with van der Waals surface area (Å²) in [6.07, 6.45) is 4.99. The van der Waals surface area contributed by atoms with Crippen LogP contribution in [-0.4, -0.2) is 19.1 Å². The van der Waals surface area contributed by atoms with Gasteiger partial charge in [0.1, 0.15) is 0 Å². The fourth-order valence-corrected chi connectivity index (χ4v) is 3.05. The first-order chi connectivity index (χ1) is 7.83. The van der Waals surface area contributed by atoms with Crippen molar-refractivity contribution in [1.82, 2.24) is 0 Å². The van der Waals surface area contributed by atoms with Gasteiger partial charge in [-0.3, -0.25) is 0 Å². The van der Waals surface area contributed by atoms with Crippen LogP contribution in [0.5, 0.6) is 0 Å². The second-order valence-electron chi connectivity index (χ2n) is 5.28. The van der Waals surface area contributed by atoms with E-state index in [1.54, 1.807) is 0 Å². The molecule has 1 aliphatic heterocycles. The lowest BCUT2D eigenvalue weighted by molar-refractivity contribution is 0.267. The van der Waals surface area contributed by atoms with E-state index >= 15 is 0 Å². The van der Waals surface area contributed by atoms with E-state index in [-0.39, 0.29) is 0 Å². The van der Waals surface area contributed by atoms with Crippen LogP contribution in [0.4, 0.5) is 5.69 Å². The number of hydrogen-bond acceptors (Lipinski definition) is 2. The van der Waals surface area contributed by atoms with Crippen LogP contribution in [-0.2, 0) is 6.42 Å². The van der Waals surface area contributed by atoms with Crippen LogP contribution in [0, 0.1) is 5.92 Å². The highest BCUT2D eigenvalue weighted by atomic mass is 15.1. The van der Waals surface area contributed by atoms with E-state index in [1.807, 2.05) is 0 Å². The standard InChI is InChI=1S/C14H20N2/c15-13-8-11(9-13)10-16-7-3-5-12-4-1-2-6-14(12)16/h1-2,4,6,11,13H,3,5,7-10,15H2. The molecule has 1 saturated carbocycles. The summed E-state index contributed by atoms with van der Waals surface area (Å²) in [6.45, 7) is 2.44. The molecule has 0 aromatic heterocycles. The van der Waals surface area contributed by atoms with Gasteiger partial charge < -0.3 is 10.6 Å². The molecule has 0 saturated heterocycles. The van der Waals surface area contributed by atoms with Crippen LogP contribution in [0.2, 0.25) is 0 Å². The number of nitrogens with two attached hydrogens (primary N) is 1. The summed E-state index contributed by atoms with van der Waals surface area (Å²) >= 11 is 0. The van der Waals surface area contributed by atoms with E-state index < -0.39 is 0 Å². The molecule has 2 aliphatic rings. The van der Waals surface area contributed by atoms with Gasteiger partial charge in [-0.2, -0.15) is 0 Å². The molecule has 1 fully saturated rings. The molecule has 0 amide bonds. The normalized spacial score (nSPS) is 28.4. The third-order valence-corrected chi connectivity index (χ3v) is 3.96. The van der Waals surface area contributed by atoms with Crippen molar-refractivity contribution in [3.8, 4) is 0 Å². The smallest absolute Gasteiger partial charge is 0.0398 e. The van der Waals surface area contributed by atoms with Gasteiger partial charge in [0.25, 0.3) is 0 Å². The second kappa shape index (κ2) is 4.10. The molecule has 2 heteroatoms. The Labute approximate surface area is 97.4 Å². The summed E-state index contributed by atoms with van der Waals surface area (Å²) in [7, 11) is 0. The Morgan fingerprint density at radius 2 is 2.06 bits per heavy atom. The molecule has 2 nitrogen and oxygen atoms in total. The average Bonchev–Trinajstić information content (AvgIpc) is 2.27. The Kier molecular flexibility index (Phi) is 2.60. The minimum absolute atomic E-state index is 0.477. The summed E-state index contributed by atoms with van der Waals surface area (Å²) in [5, 5.41) is 0. The largest absolute Gasteiger partial charge is 0.371 e. The zero-order chi connectivity index (χ0) is 11.0. The Hall–Kier alpha value is -1.02. The number of fused-ring (bicyclic) bond motifs is 1. The Bertz CT molecular complexity index is 369. The van der Waals surface area contributed by atoms with Crippen molar-refractivity contribution >= 4 is 5.69 Å². The predicted molar refractivity (Wildman–Crippen MR) is 67.7 cm³/mol. The lowest BCUT2D eigenvalue weighted by Crippen LogP contribution is -2.44. The maximum atomic E-state index is 5.85. The zero-order valence-electron chi connectivity index (χ0n) is 9.73. The van der Waals surface area contributed by atoms with Crippen molar-refractivity contribution < 1.29 is 0 Å². The van der Waals surface area contributed by atoms with Gasteiger partial charge in [0.05, 0.1) is 0 Å².